The Kier molecular flexibility index (Phi) is 6.58. The maximum absolute atomic E-state index is 6.21. The molecule has 0 amide bonds. The van der Waals surface area contributed by atoms with Crippen molar-refractivity contribution in [1.82, 2.24) is 4.90 Å². The van der Waals surface area contributed by atoms with Gasteiger partial charge >= 0.3 is 0 Å². The fourth-order valence-corrected chi connectivity index (χ4v) is 3.91. The molecule has 0 radical (unpaired) electrons. The molecule has 0 aliphatic heterocycles. The Morgan fingerprint density at radius 1 is 0.960 bits per heavy atom. The smallest absolute Gasteiger partial charge is 0.0493 e. The first-order valence-corrected chi connectivity index (χ1v) is 9.78. The van der Waals surface area contributed by atoms with Crippen LogP contribution in [0.1, 0.15) is 41.5 Å². The van der Waals surface area contributed by atoms with Crippen LogP contribution in [-0.4, -0.2) is 18.5 Å². The van der Waals surface area contributed by atoms with Gasteiger partial charge in [-0.05, 0) is 67.1 Å². The van der Waals surface area contributed by atoms with Gasteiger partial charge in [0.05, 0.1) is 0 Å². The first-order valence-electron chi connectivity index (χ1n) is 9.02. The SMILES string of the molecule is CN(C/C=C/c1ccc(Cl)cc1Cl)Cc1ccc2c(c1)CCCCC2. The molecule has 0 fully saturated rings. The van der Waals surface area contributed by atoms with Gasteiger partial charge in [-0.2, -0.15) is 0 Å². The lowest BCUT2D eigenvalue weighted by Gasteiger charge is -2.16. The summed E-state index contributed by atoms with van der Waals surface area (Å²) in [6.07, 6.45) is 10.7. The third kappa shape index (κ3) is 5.34. The predicted molar refractivity (Wildman–Crippen MR) is 110 cm³/mol. The zero-order valence-electron chi connectivity index (χ0n) is 14.8. The van der Waals surface area contributed by atoms with Gasteiger partial charge in [0, 0.05) is 23.1 Å². The lowest BCUT2D eigenvalue weighted by Crippen LogP contribution is -2.17. The van der Waals surface area contributed by atoms with Gasteiger partial charge in [0.25, 0.3) is 0 Å². The second kappa shape index (κ2) is 8.89. The minimum Gasteiger partial charge on any atom is -0.298 e. The molecule has 0 N–H and O–H groups in total. The van der Waals surface area contributed by atoms with Crippen molar-refractivity contribution in [3.8, 4) is 0 Å². The number of likely N-dealkylation sites (N-methyl/N-ethyl adjacent to an activating group) is 1. The summed E-state index contributed by atoms with van der Waals surface area (Å²) < 4.78 is 0. The molecule has 2 aromatic carbocycles. The van der Waals surface area contributed by atoms with Crippen molar-refractivity contribution >= 4 is 29.3 Å². The Morgan fingerprint density at radius 2 is 1.76 bits per heavy atom. The lowest BCUT2D eigenvalue weighted by atomic mass is 10.00. The molecule has 25 heavy (non-hydrogen) atoms. The van der Waals surface area contributed by atoms with E-state index in [1.807, 2.05) is 12.1 Å². The van der Waals surface area contributed by atoms with Crippen molar-refractivity contribution in [2.45, 2.75) is 38.6 Å². The standard InChI is InChI=1S/C22H25Cl2N/c1-25(13-5-8-19-11-12-21(23)15-22(19)24)16-17-9-10-18-6-3-2-4-7-20(18)14-17/h5,8-12,14-15H,2-4,6-7,13,16H2,1H3/b8-5+. The van der Waals surface area contributed by atoms with Crippen molar-refractivity contribution in [1.29, 1.82) is 0 Å². The van der Waals surface area contributed by atoms with Crippen LogP contribution in [0.2, 0.25) is 10.0 Å². The highest BCUT2D eigenvalue weighted by Gasteiger charge is 2.09. The van der Waals surface area contributed by atoms with Crippen LogP contribution in [0.4, 0.5) is 0 Å². The number of benzene rings is 2. The molecule has 3 heteroatoms. The van der Waals surface area contributed by atoms with Crippen molar-refractivity contribution in [3.05, 3.63) is 74.8 Å². The molecule has 1 aliphatic carbocycles. The molecule has 1 aliphatic rings. The molecule has 0 saturated carbocycles. The van der Waals surface area contributed by atoms with Gasteiger partial charge in [0.1, 0.15) is 0 Å². The van der Waals surface area contributed by atoms with Crippen LogP contribution in [0.25, 0.3) is 6.08 Å². The summed E-state index contributed by atoms with van der Waals surface area (Å²) in [6.45, 7) is 1.85. The molecule has 0 heterocycles. The van der Waals surface area contributed by atoms with Crippen LogP contribution in [0.5, 0.6) is 0 Å². The molecular formula is C22H25Cl2N. The number of hydrogen-bond acceptors (Lipinski definition) is 1. The van der Waals surface area contributed by atoms with E-state index in [9.17, 15) is 0 Å². The van der Waals surface area contributed by atoms with E-state index in [0.717, 1.165) is 18.7 Å². The Morgan fingerprint density at radius 3 is 2.56 bits per heavy atom. The normalized spacial score (nSPS) is 14.7. The molecule has 0 atom stereocenters. The Labute approximate surface area is 161 Å². The van der Waals surface area contributed by atoms with Crippen LogP contribution in [0, 0.1) is 0 Å². The van der Waals surface area contributed by atoms with Gasteiger partial charge in [0.15, 0.2) is 0 Å². The number of nitrogens with zero attached hydrogens (tertiary/aromatic N) is 1. The maximum atomic E-state index is 6.21. The largest absolute Gasteiger partial charge is 0.298 e. The van der Waals surface area contributed by atoms with Crippen LogP contribution < -0.4 is 0 Å². The van der Waals surface area contributed by atoms with Gasteiger partial charge in [0.2, 0.25) is 0 Å². The number of fused-ring (bicyclic) bond motifs is 1. The Balaban J connectivity index is 1.58. The first-order chi connectivity index (χ1) is 12.1. The highest BCUT2D eigenvalue weighted by atomic mass is 35.5. The van der Waals surface area contributed by atoms with Gasteiger partial charge in [-0.15, -0.1) is 0 Å². The monoisotopic (exact) mass is 373 g/mol. The topological polar surface area (TPSA) is 3.24 Å². The van der Waals surface area contributed by atoms with E-state index in [2.05, 4.69) is 42.3 Å². The third-order valence-corrected chi connectivity index (χ3v) is 5.35. The molecule has 0 saturated heterocycles. The average Bonchev–Trinajstić information content (AvgIpc) is 2.82. The summed E-state index contributed by atoms with van der Waals surface area (Å²) in [5.41, 5.74) is 5.53. The second-order valence-electron chi connectivity index (χ2n) is 6.93. The van der Waals surface area contributed by atoms with Gasteiger partial charge in [-0.25, -0.2) is 0 Å². The van der Waals surface area contributed by atoms with Gasteiger partial charge in [-0.1, -0.05) is 66.0 Å². The molecule has 0 spiro atoms. The molecular weight excluding hydrogens is 349 g/mol. The fraction of sp³-hybridized carbons (Fsp3) is 0.364. The van der Waals surface area contributed by atoms with E-state index in [1.165, 1.54) is 37.7 Å². The van der Waals surface area contributed by atoms with Crippen molar-refractivity contribution in [2.75, 3.05) is 13.6 Å². The minimum atomic E-state index is 0.669. The summed E-state index contributed by atoms with van der Waals surface area (Å²) >= 11 is 12.1. The summed E-state index contributed by atoms with van der Waals surface area (Å²) in [4.78, 5) is 2.32. The summed E-state index contributed by atoms with van der Waals surface area (Å²) in [6, 6.07) is 12.6. The Bertz CT molecular complexity index is 752. The maximum Gasteiger partial charge on any atom is 0.0493 e. The van der Waals surface area contributed by atoms with Gasteiger partial charge < -0.3 is 0 Å². The quantitative estimate of drug-likeness (QED) is 0.547. The molecule has 2 aromatic rings. The van der Waals surface area contributed by atoms with E-state index in [4.69, 9.17) is 23.2 Å². The number of aryl methyl sites for hydroxylation is 2. The van der Waals surface area contributed by atoms with E-state index in [0.29, 0.717) is 10.0 Å². The molecule has 0 aromatic heterocycles. The average molecular weight is 374 g/mol. The van der Waals surface area contributed by atoms with Gasteiger partial charge in [-0.3, -0.25) is 4.90 Å². The highest BCUT2D eigenvalue weighted by Crippen LogP contribution is 2.23. The van der Waals surface area contributed by atoms with Crippen LogP contribution >= 0.6 is 23.2 Å². The molecule has 0 unspecified atom stereocenters. The first kappa shape index (κ1) is 18.5. The predicted octanol–water partition coefficient (Wildman–Crippen LogP) is 6.41. The van der Waals surface area contributed by atoms with Crippen LogP contribution in [0.15, 0.2) is 42.5 Å². The fourth-order valence-electron chi connectivity index (χ4n) is 3.43. The van der Waals surface area contributed by atoms with E-state index >= 15 is 0 Å². The lowest BCUT2D eigenvalue weighted by molar-refractivity contribution is 0.364. The van der Waals surface area contributed by atoms with E-state index in [-0.39, 0.29) is 0 Å². The summed E-state index contributed by atoms with van der Waals surface area (Å²) in [5.74, 6) is 0. The summed E-state index contributed by atoms with van der Waals surface area (Å²) in [7, 11) is 2.15. The van der Waals surface area contributed by atoms with Crippen molar-refractivity contribution < 1.29 is 0 Å². The van der Waals surface area contributed by atoms with Crippen molar-refractivity contribution in [3.63, 3.8) is 0 Å². The van der Waals surface area contributed by atoms with Crippen molar-refractivity contribution in [2.24, 2.45) is 0 Å². The van der Waals surface area contributed by atoms with Crippen LogP contribution in [0.3, 0.4) is 0 Å². The minimum absolute atomic E-state index is 0.669. The second-order valence-corrected chi connectivity index (χ2v) is 7.77. The Hall–Kier alpha value is -1.28. The zero-order chi connectivity index (χ0) is 17.6. The zero-order valence-corrected chi connectivity index (χ0v) is 16.3. The molecule has 1 nitrogen and oxygen atoms in total. The van der Waals surface area contributed by atoms with Crippen LogP contribution in [-0.2, 0) is 19.4 Å². The third-order valence-electron chi connectivity index (χ3n) is 4.79. The molecule has 3 rings (SSSR count). The molecule has 132 valence electrons. The number of rotatable bonds is 5. The van der Waals surface area contributed by atoms with E-state index in [1.54, 1.807) is 17.2 Å². The summed E-state index contributed by atoms with van der Waals surface area (Å²) in [5, 5.41) is 1.36. The number of hydrogen-bond donors (Lipinski definition) is 0. The van der Waals surface area contributed by atoms with E-state index < -0.39 is 0 Å². The number of halogens is 2. The molecule has 0 bridgehead atoms. The highest BCUT2D eigenvalue weighted by molar-refractivity contribution is 6.35.